The van der Waals surface area contributed by atoms with E-state index < -0.39 is 10.8 Å². The maximum absolute atomic E-state index is 12.7. The van der Waals surface area contributed by atoms with Gasteiger partial charge in [0.2, 0.25) is 0 Å². The van der Waals surface area contributed by atoms with Crippen LogP contribution >= 0.6 is 0 Å². The number of imidazole rings is 1. The molecule has 2 aromatic heterocycles. The van der Waals surface area contributed by atoms with Crippen molar-refractivity contribution >= 4 is 21.8 Å². The second-order valence-electron chi connectivity index (χ2n) is 7.20. The lowest BCUT2D eigenvalue weighted by Crippen LogP contribution is -2.07. The number of benzene rings is 1. The van der Waals surface area contributed by atoms with Crippen molar-refractivity contribution in [2.24, 2.45) is 0 Å². The molecule has 3 aromatic rings. The summed E-state index contributed by atoms with van der Waals surface area (Å²) in [5, 5.41) is 0.452. The molecule has 0 saturated heterocycles. The van der Waals surface area contributed by atoms with Crippen LogP contribution in [0.25, 0.3) is 11.0 Å². The minimum Gasteiger partial charge on any atom is -0.502 e. The van der Waals surface area contributed by atoms with Crippen LogP contribution in [0.15, 0.2) is 60.6 Å². The molecule has 0 saturated carbocycles. The van der Waals surface area contributed by atoms with E-state index in [0.717, 1.165) is 30.3 Å². The number of hydrogen-bond acceptors (Lipinski definition) is 7. The van der Waals surface area contributed by atoms with Crippen molar-refractivity contribution in [1.82, 2.24) is 15.0 Å². The zero-order chi connectivity index (χ0) is 23.1. The molecule has 0 spiro atoms. The molecule has 8 nitrogen and oxygen atoms in total. The van der Waals surface area contributed by atoms with E-state index in [1.165, 1.54) is 6.26 Å². The molecule has 1 N–H and O–H groups in total. The highest BCUT2D eigenvalue weighted by molar-refractivity contribution is 7.84. The first-order chi connectivity index (χ1) is 16.3. The number of fused-ring (bicyclic) bond motifs is 1. The van der Waals surface area contributed by atoms with Gasteiger partial charge in [0.25, 0.3) is 0 Å². The molecule has 0 aliphatic heterocycles. The number of hydrogen-bond donors (Lipinski definition) is 1. The Hall–Kier alpha value is -2.75. The quantitative estimate of drug-likeness (QED) is 0.234. The third kappa shape index (κ3) is 8.95. The molecular weight excluding hydrogens is 442 g/mol. The number of nitrogens with zero attached hydrogens (tertiary/aromatic N) is 2. The van der Waals surface area contributed by atoms with E-state index >= 15 is 0 Å². The zero-order valence-electron chi connectivity index (χ0n) is 18.7. The van der Waals surface area contributed by atoms with Crippen LogP contribution in [-0.2, 0) is 30.8 Å². The predicted octanol–water partition coefficient (Wildman–Crippen LogP) is 4.01. The van der Waals surface area contributed by atoms with Gasteiger partial charge in [-0.05, 0) is 24.6 Å². The maximum Gasteiger partial charge on any atom is 0.197 e. The van der Waals surface area contributed by atoms with Gasteiger partial charge in [-0.25, -0.2) is 4.98 Å². The Morgan fingerprint density at radius 1 is 0.970 bits per heavy atom. The van der Waals surface area contributed by atoms with Gasteiger partial charge in [-0.1, -0.05) is 18.7 Å². The first-order valence-corrected chi connectivity index (χ1v) is 12.4. The van der Waals surface area contributed by atoms with E-state index in [4.69, 9.17) is 18.9 Å². The van der Waals surface area contributed by atoms with Crippen molar-refractivity contribution in [2.45, 2.75) is 30.2 Å². The van der Waals surface area contributed by atoms with E-state index in [-0.39, 0.29) is 5.75 Å². The molecule has 9 heteroatoms. The van der Waals surface area contributed by atoms with Crippen LogP contribution in [0.5, 0.6) is 5.75 Å². The highest BCUT2D eigenvalue weighted by atomic mass is 32.2. The minimum atomic E-state index is -1.32. The minimum absolute atomic E-state index is 0.267. The number of rotatable bonds is 17. The number of pyridine rings is 1. The smallest absolute Gasteiger partial charge is 0.197 e. The Balaban J connectivity index is 1.28. The monoisotopic (exact) mass is 473 g/mol. The summed E-state index contributed by atoms with van der Waals surface area (Å²) in [7, 11) is -1.32. The van der Waals surface area contributed by atoms with E-state index in [1.54, 1.807) is 12.3 Å². The van der Waals surface area contributed by atoms with Gasteiger partial charge in [0.05, 0.1) is 52.8 Å². The summed E-state index contributed by atoms with van der Waals surface area (Å²) >= 11 is 0. The van der Waals surface area contributed by atoms with Gasteiger partial charge in [-0.15, -0.1) is 0 Å². The van der Waals surface area contributed by atoms with Crippen LogP contribution in [0.4, 0.5) is 0 Å². The van der Waals surface area contributed by atoms with Gasteiger partial charge in [0, 0.05) is 51.5 Å². The van der Waals surface area contributed by atoms with E-state index in [2.05, 4.69) is 21.5 Å². The summed E-state index contributed by atoms with van der Waals surface area (Å²) in [4.78, 5) is 11.8. The fourth-order valence-corrected chi connectivity index (χ4v) is 4.00. The summed E-state index contributed by atoms with van der Waals surface area (Å²) in [5.74, 6) is 0.971. The molecule has 0 fully saturated rings. The Morgan fingerprint density at radius 3 is 2.45 bits per heavy atom. The third-order valence-corrected chi connectivity index (χ3v) is 5.78. The molecule has 0 aliphatic rings. The summed E-state index contributed by atoms with van der Waals surface area (Å²) < 4.78 is 34.6. The van der Waals surface area contributed by atoms with Gasteiger partial charge < -0.3 is 23.9 Å². The Labute approximate surface area is 196 Å². The molecule has 2 heterocycles. The fraction of sp³-hybridized carbons (Fsp3) is 0.417. The summed E-state index contributed by atoms with van der Waals surface area (Å²) in [6.07, 6.45) is 5.61. The molecule has 1 atom stereocenters. The lowest BCUT2D eigenvalue weighted by atomic mass is 10.3. The number of aromatic nitrogens is 3. The van der Waals surface area contributed by atoms with Crippen molar-refractivity contribution in [3.8, 4) is 5.75 Å². The average Bonchev–Trinajstić information content (AvgIpc) is 3.27. The predicted molar refractivity (Wildman–Crippen MR) is 128 cm³/mol. The van der Waals surface area contributed by atoms with Gasteiger partial charge in [-0.2, -0.15) is 0 Å². The van der Waals surface area contributed by atoms with E-state index in [9.17, 15) is 4.21 Å². The van der Waals surface area contributed by atoms with Crippen LogP contribution in [0.2, 0.25) is 0 Å². The van der Waals surface area contributed by atoms with E-state index in [1.807, 2.05) is 30.3 Å². The van der Waals surface area contributed by atoms with Crippen LogP contribution in [0.3, 0.4) is 0 Å². The summed E-state index contributed by atoms with van der Waals surface area (Å²) in [6, 6.07) is 11.2. The van der Waals surface area contributed by atoms with Crippen LogP contribution in [0, 0.1) is 0 Å². The molecule has 0 radical (unpaired) electrons. The van der Waals surface area contributed by atoms with Gasteiger partial charge >= 0.3 is 0 Å². The highest BCUT2D eigenvalue weighted by Gasteiger charge is 2.12. The molecule has 178 valence electrons. The lowest BCUT2D eigenvalue weighted by molar-refractivity contribution is 0.0709. The van der Waals surface area contributed by atoms with Crippen LogP contribution in [-0.4, -0.2) is 58.8 Å². The molecule has 3 rings (SSSR count). The number of H-pyrrole nitrogens is 1. The molecular formula is C24H31N3O5S. The molecule has 0 aliphatic carbocycles. The second-order valence-corrected chi connectivity index (χ2v) is 8.57. The second kappa shape index (κ2) is 14.4. The zero-order valence-corrected chi connectivity index (χ0v) is 19.6. The largest absolute Gasteiger partial charge is 0.502 e. The summed E-state index contributed by atoms with van der Waals surface area (Å²) in [5.41, 5.74) is 2.36. The van der Waals surface area contributed by atoms with Gasteiger partial charge in [0.15, 0.2) is 5.16 Å². The number of ether oxygens (including phenoxy) is 4. The van der Waals surface area contributed by atoms with Crippen molar-refractivity contribution in [2.75, 3.05) is 39.6 Å². The van der Waals surface area contributed by atoms with Crippen LogP contribution < -0.4 is 4.74 Å². The molecule has 1 aromatic carbocycles. The van der Waals surface area contributed by atoms with Crippen LogP contribution in [0.1, 0.15) is 25.0 Å². The topological polar surface area (TPSA) is 95.6 Å². The van der Waals surface area contributed by atoms with Gasteiger partial charge in [0.1, 0.15) is 5.75 Å². The van der Waals surface area contributed by atoms with Gasteiger partial charge in [-0.3, -0.25) is 9.19 Å². The Kier molecular flexibility index (Phi) is 10.9. The first-order valence-electron chi connectivity index (χ1n) is 11.0. The van der Waals surface area contributed by atoms with Crippen molar-refractivity contribution in [1.29, 1.82) is 0 Å². The summed E-state index contributed by atoms with van der Waals surface area (Å²) in [6.45, 7) is 7.32. The number of nitrogens with one attached hydrogen (secondary N) is 1. The molecule has 1 unspecified atom stereocenters. The van der Waals surface area contributed by atoms with Crippen molar-refractivity contribution in [3.63, 3.8) is 0 Å². The third-order valence-electron chi connectivity index (χ3n) is 4.60. The SMILES string of the molecule is C=COCCCOCCCOCCCOc1ccnc(CS(=O)c2nc3ccccc3[nH]2)c1. The number of para-hydroxylation sites is 2. The highest BCUT2D eigenvalue weighted by Crippen LogP contribution is 2.17. The normalized spacial score (nSPS) is 12.0. The average molecular weight is 474 g/mol. The Bertz CT molecular complexity index is 977. The molecule has 33 heavy (non-hydrogen) atoms. The Morgan fingerprint density at radius 2 is 1.70 bits per heavy atom. The van der Waals surface area contributed by atoms with Crippen molar-refractivity contribution < 1.29 is 23.2 Å². The lowest BCUT2D eigenvalue weighted by Gasteiger charge is -2.08. The first kappa shape index (κ1) is 24.9. The fourth-order valence-electron chi connectivity index (χ4n) is 3.01. The standard InChI is InChI=1S/C24H31N3O5S/c1-2-29-12-5-13-30-14-6-15-31-16-7-17-32-21-10-11-25-20(18-21)19-33(28)24-26-22-8-3-4-9-23(22)27-24/h2-4,8-11,18H,1,5-7,12-17,19H2,(H,26,27). The maximum atomic E-state index is 12.7. The number of aromatic amines is 1. The molecule has 0 bridgehead atoms. The molecule has 0 amide bonds. The van der Waals surface area contributed by atoms with E-state index in [0.29, 0.717) is 56.2 Å². The van der Waals surface area contributed by atoms with Crippen molar-refractivity contribution in [3.05, 3.63) is 61.1 Å².